The average molecular weight is 443 g/mol. The molecule has 0 spiro atoms. The summed E-state index contributed by atoms with van der Waals surface area (Å²) < 4.78 is 66.3. The first-order chi connectivity index (χ1) is 14.1. The lowest BCUT2D eigenvalue weighted by Crippen LogP contribution is -2.38. The van der Waals surface area contributed by atoms with Crippen LogP contribution < -0.4 is 5.32 Å². The van der Waals surface area contributed by atoms with Crippen molar-refractivity contribution in [2.75, 3.05) is 13.1 Å². The molecule has 0 saturated carbocycles. The molecular formula is C21H25F3N2O3S. The monoisotopic (exact) mass is 442 g/mol. The largest absolute Gasteiger partial charge is 0.412 e. The van der Waals surface area contributed by atoms with E-state index < -0.39 is 28.1 Å². The van der Waals surface area contributed by atoms with Gasteiger partial charge in [-0.3, -0.25) is 4.79 Å². The van der Waals surface area contributed by atoms with E-state index in [2.05, 4.69) is 0 Å². The normalized spacial score (nSPS) is 13.3. The lowest BCUT2D eigenvalue weighted by Gasteiger charge is -2.22. The highest BCUT2D eigenvalue weighted by Gasteiger charge is 2.41. The number of halogens is 3. The Morgan fingerprint density at radius 2 is 1.57 bits per heavy atom. The Bertz CT molecular complexity index is 926. The Morgan fingerprint density at radius 1 is 1.00 bits per heavy atom. The zero-order valence-corrected chi connectivity index (χ0v) is 17.6. The van der Waals surface area contributed by atoms with Crippen LogP contribution in [0.1, 0.15) is 37.4 Å². The number of aryl methyl sites for hydroxylation is 1. The Labute approximate surface area is 175 Å². The van der Waals surface area contributed by atoms with Crippen molar-refractivity contribution in [1.82, 2.24) is 9.62 Å². The SMILES string of the molecule is CCN(CC)S(=O)(=O)c1ccc(CCC(=O)NC(c2ccccc2)C(F)(F)F)cc1. The average Bonchev–Trinajstić information content (AvgIpc) is 2.71. The predicted octanol–water partition coefficient (Wildman–Crippen LogP) is 4.07. The molecule has 0 aliphatic heterocycles. The van der Waals surface area contributed by atoms with Crippen LogP contribution in [0.5, 0.6) is 0 Å². The molecule has 1 N–H and O–H groups in total. The van der Waals surface area contributed by atoms with E-state index in [1.165, 1.54) is 40.7 Å². The highest BCUT2D eigenvalue weighted by atomic mass is 32.2. The Morgan fingerprint density at radius 3 is 2.07 bits per heavy atom. The van der Waals surface area contributed by atoms with Gasteiger partial charge in [0.05, 0.1) is 4.90 Å². The number of carbonyl (C=O) groups is 1. The standard InChI is InChI=1S/C21H25F3N2O3S/c1-3-26(4-2)30(28,29)18-13-10-16(11-14-18)12-15-19(27)25-20(21(22,23)24)17-8-6-5-7-9-17/h5-11,13-14,20H,3-4,12,15H2,1-2H3,(H,25,27). The van der Waals surface area contributed by atoms with Crippen molar-refractivity contribution in [3.63, 3.8) is 0 Å². The molecule has 0 radical (unpaired) electrons. The second-order valence-electron chi connectivity index (χ2n) is 6.69. The number of hydrogen-bond donors (Lipinski definition) is 1. The zero-order chi connectivity index (χ0) is 22.4. The first-order valence-corrected chi connectivity index (χ1v) is 11.0. The van der Waals surface area contributed by atoms with E-state index in [-0.39, 0.29) is 23.3 Å². The van der Waals surface area contributed by atoms with Crippen molar-refractivity contribution in [3.8, 4) is 0 Å². The van der Waals surface area contributed by atoms with Crippen LogP contribution in [0.2, 0.25) is 0 Å². The van der Waals surface area contributed by atoms with Gasteiger partial charge in [0.1, 0.15) is 0 Å². The number of nitrogens with one attached hydrogen (secondary N) is 1. The molecule has 0 fully saturated rings. The second kappa shape index (κ2) is 10.1. The van der Waals surface area contributed by atoms with Crippen molar-refractivity contribution in [3.05, 3.63) is 65.7 Å². The third-order valence-corrected chi connectivity index (χ3v) is 6.74. The minimum absolute atomic E-state index is 0.0377. The summed E-state index contributed by atoms with van der Waals surface area (Å²) in [6, 6.07) is 11.1. The number of alkyl halides is 3. The molecule has 0 heterocycles. The van der Waals surface area contributed by atoms with Crippen molar-refractivity contribution in [2.24, 2.45) is 0 Å². The lowest BCUT2D eigenvalue weighted by atomic mass is 10.1. The van der Waals surface area contributed by atoms with Crippen LogP contribution >= 0.6 is 0 Å². The van der Waals surface area contributed by atoms with Gasteiger partial charge in [-0.1, -0.05) is 56.3 Å². The highest BCUT2D eigenvalue weighted by Crippen LogP contribution is 2.32. The molecule has 9 heteroatoms. The van der Waals surface area contributed by atoms with E-state index in [0.29, 0.717) is 18.7 Å². The molecule has 0 aliphatic carbocycles. The molecule has 0 saturated heterocycles. The summed E-state index contributed by atoms with van der Waals surface area (Å²) in [4.78, 5) is 12.3. The summed E-state index contributed by atoms with van der Waals surface area (Å²) in [6.45, 7) is 4.19. The van der Waals surface area contributed by atoms with E-state index >= 15 is 0 Å². The van der Waals surface area contributed by atoms with Crippen molar-refractivity contribution in [1.29, 1.82) is 0 Å². The number of rotatable bonds is 9. The maximum atomic E-state index is 13.3. The molecule has 1 atom stereocenters. The van der Waals surface area contributed by atoms with Gasteiger partial charge in [-0.2, -0.15) is 17.5 Å². The maximum absolute atomic E-state index is 13.3. The molecule has 30 heavy (non-hydrogen) atoms. The quantitative estimate of drug-likeness (QED) is 0.637. The molecule has 0 aliphatic rings. The maximum Gasteiger partial charge on any atom is 0.412 e. The number of carbonyl (C=O) groups excluding carboxylic acids is 1. The third kappa shape index (κ3) is 6.06. The molecule has 164 valence electrons. The molecule has 1 unspecified atom stereocenters. The van der Waals surface area contributed by atoms with E-state index in [9.17, 15) is 26.4 Å². The molecule has 0 aromatic heterocycles. The lowest BCUT2D eigenvalue weighted by molar-refractivity contribution is -0.163. The number of amides is 1. The number of sulfonamides is 1. The van der Waals surface area contributed by atoms with Crippen LogP contribution in [-0.2, 0) is 21.2 Å². The summed E-state index contributed by atoms with van der Waals surface area (Å²) in [7, 11) is -3.58. The predicted molar refractivity (Wildman–Crippen MR) is 108 cm³/mol. The van der Waals surface area contributed by atoms with Gasteiger partial charge < -0.3 is 5.32 Å². The van der Waals surface area contributed by atoms with E-state index in [0.717, 1.165) is 0 Å². The van der Waals surface area contributed by atoms with Gasteiger partial charge in [0, 0.05) is 19.5 Å². The van der Waals surface area contributed by atoms with Crippen LogP contribution in [0.3, 0.4) is 0 Å². The fraction of sp³-hybridized carbons (Fsp3) is 0.381. The smallest absolute Gasteiger partial charge is 0.341 e. The number of hydrogen-bond acceptors (Lipinski definition) is 3. The van der Waals surface area contributed by atoms with E-state index in [1.54, 1.807) is 32.0 Å². The minimum atomic E-state index is -4.61. The number of nitrogens with zero attached hydrogens (tertiary/aromatic N) is 1. The van der Waals surface area contributed by atoms with Gasteiger partial charge in [0.15, 0.2) is 6.04 Å². The zero-order valence-electron chi connectivity index (χ0n) is 16.8. The molecule has 1 amide bonds. The molecule has 2 aromatic rings. The topological polar surface area (TPSA) is 66.5 Å². The first-order valence-electron chi connectivity index (χ1n) is 9.59. The summed E-state index contributed by atoms with van der Waals surface area (Å²) in [5, 5.41) is 2.04. The van der Waals surface area contributed by atoms with Gasteiger partial charge in [-0.05, 0) is 29.7 Å². The molecule has 2 aromatic carbocycles. The molecular weight excluding hydrogens is 417 g/mol. The minimum Gasteiger partial charge on any atom is -0.341 e. The summed E-state index contributed by atoms with van der Waals surface area (Å²) in [5.74, 6) is -0.735. The summed E-state index contributed by atoms with van der Waals surface area (Å²) in [6.07, 6.45) is -4.57. The molecule has 2 rings (SSSR count). The first kappa shape index (κ1) is 23.9. The summed E-state index contributed by atoms with van der Waals surface area (Å²) in [5.41, 5.74) is 0.622. The van der Waals surface area contributed by atoms with Crippen LogP contribution in [0, 0.1) is 0 Å². The van der Waals surface area contributed by atoms with Gasteiger partial charge in [-0.25, -0.2) is 8.42 Å². The van der Waals surface area contributed by atoms with Gasteiger partial charge in [0.2, 0.25) is 15.9 Å². The summed E-state index contributed by atoms with van der Waals surface area (Å²) >= 11 is 0. The highest BCUT2D eigenvalue weighted by molar-refractivity contribution is 7.89. The van der Waals surface area contributed by atoms with E-state index in [4.69, 9.17) is 0 Å². The van der Waals surface area contributed by atoms with Crippen molar-refractivity contribution < 1.29 is 26.4 Å². The van der Waals surface area contributed by atoms with Crippen LogP contribution in [0.25, 0.3) is 0 Å². The third-order valence-electron chi connectivity index (χ3n) is 4.67. The fourth-order valence-corrected chi connectivity index (χ4v) is 4.49. The van der Waals surface area contributed by atoms with E-state index in [1.807, 2.05) is 5.32 Å². The van der Waals surface area contributed by atoms with Crippen LogP contribution in [0.4, 0.5) is 13.2 Å². The molecule has 0 bridgehead atoms. The fourth-order valence-electron chi connectivity index (χ4n) is 3.03. The Kier molecular flexibility index (Phi) is 8.03. The van der Waals surface area contributed by atoms with Crippen LogP contribution in [-0.4, -0.2) is 37.9 Å². The Hall–Kier alpha value is -2.39. The van der Waals surface area contributed by atoms with Gasteiger partial charge >= 0.3 is 6.18 Å². The van der Waals surface area contributed by atoms with Gasteiger partial charge in [0.25, 0.3) is 0 Å². The van der Waals surface area contributed by atoms with Crippen LogP contribution in [0.15, 0.2) is 59.5 Å². The Balaban J connectivity index is 2.02. The molecule has 5 nitrogen and oxygen atoms in total. The second-order valence-corrected chi connectivity index (χ2v) is 8.62. The van der Waals surface area contributed by atoms with Crippen molar-refractivity contribution >= 4 is 15.9 Å². The van der Waals surface area contributed by atoms with Gasteiger partial charge in [-0.15, -0.1) is 0 Å². The van der Waals surface area contributed by atoms with Crippen molar-refractivity contribution in [2.45, 2.75) is 43.8 Å². The number of benzene rings is 2.